The van der Waals surface area contributed by atoms with E-state index < -0.39 is 8.26 Å². The Morgan fingerprint density at radius 2 is 1.42 bits per heavy atom. The molecular formula is C5H7Cl2N2O2S+. The van der Waals surface area contributed by atoms with Crippen molar-refractivity contribution in [3.63, 3.8) is 0 Å². The molecule has 1 aromatic rings. The Hall–Kier alpha value is -0.520. The van der Waals surface area contributed by atoms with Crippen LogP contribution in [-0.2, 0) is 8.26 Å². The molecular weight excluding hydrogens is 223 g/mol. The first-order chi connectivity index (χ1) is 5.39. The van der Waals surface area contributed by atoms with Gasteiger partial charge in [-0.25, -0.2) is 5.84 Å². The number of hydrogen-bond donors (Lipinski definition) is 1. The first kappa shape index (κ1) is 11.5. The van der Waals surface area contributed by atoms with Gasteiger partial charge in [-0.1, -0.05) is 10.7 Å². The molecule has 1 heterocycles. The summed E-state index contributed by atoms with van der Waals surface area (Å²) < 4.78 is 19.8. The van der Waals surface area contributed by atoms with Crippen LogP contribution in [0.3, 0.4) is 0 Å². The summed E-state index contributed by atoms with van der Waals surface area (Å²) in [5.74, 6) is 5.27. The predicted octanol–water partition coefficient (Wildman–Crippen LogP) is 0.397. The first-order valence-corrected chi connectivity index (χ1v) is 5.89. The van der Waals surface area contributed by atoms with E-state index in [1.54, 1.807) is 12.4 Å². The van der Waals surface area contributed by atoms with Gasteiger partial charge in [0.15, 0.2) is 12.4 Å². The van der Waals surface area contributed by atoms with E-state index in [4.69, 9.17) is 14.3 Å². The molecule has 0 aliphatic carbocycles. The number of nitrogens with zero attached hydrogens (tertiary/aromatic N) is 1. The van der Waals surface area contributed by atoms with Gasteiger partial charge in [0.05, 0.1) is 0 Å². The Kier molecular flexibility index (Phi) is 4.96. The van der Waals surface area contributed by atoms with Crippen molar-refractivity contribution < 1.29 is 13.1 Å². The fourth-order valence-corrected chi connectivity index (χ4v) is 0.412. The molecule has 0 saturated carbocycles. The third-order valence-corrected chi connectivity index (χ3v) is 0.739. The normalized spacial score (nSPS) is 9.83. The van der Waals surface area contributed by atoms with Gasteiger partial charge in [-0.05, 0) is 0 Å². The molecule has 1 aromatic heterocycles. The van der Waals surface area contributed by atoms with Gasteiger partial charge in [-0.2, -0.15) is 8.42 Å². The zero-order chi connectivity index (χ0) is 9.61. The standard InChI is InChI=1S/C5H7N2.Cl2O2S/c6-7-4-2-1-3-5-7;1-5(2,3)4/h1-5H,6H2;/q+1;. The van der Waals surface area contributed by atoms with Crippen LogP contribution in [0.5, 0.6) is 0 Å². The van der Waals surface area contributed by atoms with Crippen molar-refractivity contribution in [2.24, 2.45) is 0 Å². The average Bonchev–Trinajstić information content (AvgIpc) is 1.85. The van der Waals surface area contributed by atoms with Crippen LogP contribution in [0.4, 0.5) is 0 Å². The molecule has 0 aliphatic heterocycles. The third kappa shape index (κ3) is 12.2. The maximum absolute atomic E-state index is 9.16. The van der Waals surface area contributed by atoms with Gasteiger partial charge in [-0.3, -0.25) is 0 Å². The van der Waals surface area contributed by atoms with E-state index in [1.165, 1.54) is 4.68 Å². The lowest BCUT2D eigenvalue weighted by atomic mass is 10.5. The van der Waals surface area contributed by atoms with Crippen LogP contribution in [0.15, 0.2) is 30.6 Å². The molecule has 0 unspecified atom stereocenters. The largest absolute Gasteiger partial charge is 0.317 e. The molecule has 0 atom stereocenters. The number of pyridine rings is 1. The maximum atomic E-state index is 9.16. The molecule has 0 spiro atoms. The van der Waals surface area contributed by atoms with Crippen molar-refractivity contribution in [2.45, 2.75) is 0 Å². The first-order valence-electron chi connectivity index (χ1n) is 2.75. The molecule has 0 radical (unpaired) electrons. The van der Waals surface area contributed by atoms with Gasteiger partial charge in [0, 0.05) is 33.5 Å². The van der Waals surface area contributed by atoms with Gasteiger partial charge >= 0.3 is 8.26 Å². The lowest BCUT2D eigenvalue weighted by molar-refractivity contribution is -0.638. The Morgan fingerprint density at radius 1 is 1.08 bits per heavy atom. The van der Waals surface area contributed by atoms with Crippen molar-refractivity contribution in [3.8, 4) is 0 Å². The van der Waals surface area contributed by atoms with Crippen molar-refractivity contribution in [2.75, 3.05) is 5.84 Å². The second kappa shape index (κ2) is 5.18. The number of aromatic nitrogens is 1. The highest BCUT2D eigenvalue weighted by Gasteiger charge is 1.88. The van der Waals surface area contributed by atoms with Crippen molar-refractivity contribution in [1.29, 1.82) is 0 Å². The van der Waals surface area contributed by atoms with Crippen molar-refractivity contribution in [3.05, 3.63) is 30.6 Å². The van der Waals surface area contributed by atoms with E-state index in [0.29, 0.717) is 0 Å². The van der Waals surface area contributed by atoms with E-state index in [2.05, 4.69) is 21.4 Å². The number of hydrogen-bond acceptors (Lipinski definition) is 3. The molecule has 68 valence electrons. The topological polar surface area (TPSA) is 64.0 Å². The van der Waals surface area contributed by atoms with Crippen LogP contribution in [0.1, 0.15) is 0 Å². The van der Waals surface area contributed by atoms with Gasteiger partial charge in [-0.15, -0.1) is 0 Å². The Morgan fingerprint density at radius 3 is 1.58 bits per heavy atom. The number of nitrogens with two attached hydrogens (primary N) is 1. The summed E-state index contributed by atoms with van der Waals surface area (Å²) in [7, 11) is 4.81. The summed E-state index contributed by atoms with van der Waals surface area (Å²) in [4.78, 5) is 0. The number of halogens is 2. The van der Waals surface area contributed by atoms with E-state index in [1.807, 2.05) is 18.2 Å². The van der Waals surface area contributed by atoms with Crippen LogP contribution >= 0.6 is 21.4 Å². The van der Waals surface area contributed by atoms with Gasteiger partial charge in [0.2, 0.25) is 0 Å². The minimum atomic E-state index is -3.72. The fourth-order valence-electron chi connectivity index (χ4n) is 0.412. The molecule has 0 saturated heterocycles. The molecule has 1 rings (SSSR count). The van der Waals surface area contributed by atoms with Crippen LogP contribution in [-0.4, -0.2) is 8.42 Å². The van der Waals surface area contributed by atoms with Crippen LogP contribution in [0, 0.1) is 0 Å². The lowest BCUT2D eigenvalue weighted by Gasteiger charge is -1.76. The predicted molar refractivity (Wildman–Crippen MR) is 47.4 cm³/mol. The van der Waals surface area contributed by atoms with Gasteiger partial charge < -0.3 is 0 Å². The Labute approximate surface area is 79.4 Å². The minimum Gasteiger partial charge on any atom is -0.205 e. The summed E-state index contributed by atoms with van der Waals surface area (Å²) in [6, 6.07) is 5.67. The highest BCUT2D eigenvalue weighted by Crippen LogP contribution is 1.98. The van der Waals surface area contributed by atoms with E-state index in [-0.39, 0.29) is 0 Å². The average molecular weight is 230 g/mol. The number of nitrogen functional groups attached to an aromatic ring is 1. The van der Waals surface area contributed by atoms with Crippen molar-refractivity contribution in [1.82, 2.24) is 0 Å². The highest BCUT2D eigenvalue weighted by atomic mass is 36.0. The smallest absolute Gasteiger partial charge is 0.205 e. The van der Waals surface area contributed by atoms with E-state index >= 15 is 0 Å². The maximum Gasteiger partial charge on any atom is 0.317 e. The number of rotatable bonds is 0. The minimum absolute atomic E-state index is 1.50. The Bertz CT molecular complexity index is 305. The molecule has 0 amide bonds. The zero-order valence-electron chi connectivity index (χ0n) is 5.89. The van der Waals surface area contributed by atoms with Crippen LogP contribution < -0.4 is 10.5 Å². The van der Waals surface area contributed by atoms with E-state index in [9.17, 15) is 0 Å². The lowest BCUT2D eigenvalue weighted by Crippen LogP contribution is -2.42. The van der Waals surface area contributed by atoms with Crippen LogP contribution in [0.2, 0.25) is 0 Å². The third-order valence-electron chi connectivity index (χ3n) is 0.739. The second-order valence-electron chi connectivity index (χ2n) is 1.70. The highest BCUT2D eigenvalue weighted by molar-refractivity contribution is 8.31. The Balaban J connectivity index is 0.000000217. The summed E-state index contributed by atoms with van der Waals surface area (Å²) in [6.07, 6.45) is 3.56. The van der Waals surface area contributed by atoms with Gasteiger partial charge in [0.25, 0.3) is 0 Å². The molecule has 4 nitrogen and oxygen atoms in total. The molecule has 0 aliphatic rings. The molecule has 12 heavy (non-hydrogen) atoms. The van der Waals surface area contributed by atoms with E-state index in [0.717, 1.165) is 0 Å². The quantitative estimate of drug-likeness (QED) is 0.398. The van der Waals surface area contributed by atoms with Gasteiger partial charge in [0.1, 0.15) is 0 Å². The summed E-state index contributed by atoms with van der Waals surface area (Å²) in [5, 5.41) is 0. The summed E-state index contributed by atoms with van der Waals surface area (Å²) in [6.45, 7) is 0. The monoisotopic (exact) mass is 229 g/mol. The molecule has 0 fully saturated rings. The summed E-state index contributed by atoms with van der Waals surface area (Å²) in [5.41, 5.74) is 0. The molecule has 7 heteroatoms. The van der Waals surface area contributed by atoms with Crippen molar-refractivity contribution >= 4 is 29.6 Å². The molecule has 0 bridgehead atoms. The zero-order valence-corrected chi connectivity index (χ0v) is 8.22. The fraction of sp³-hybridized carbons (Fsp3) is 0. The SMILES string of the molecule is N[n+]1ccccc1.O=S(=O)(Cl)Cl. The second-order valence-corrected chi connectivity index (χ2v) is 5.37. The molecule has 0 aromatic carbocycles. The molecule has 2 N–H and O–H groups in total. The summed E-state index contributed by atoms with van der Waals surface area (Å²) >= 11 is 0. The van der Waals surface area contributed by atoms with Crippen LogP contribution in [0.25, 0.3) is 0 Å².